The Bertz CT molecular complexity index is 958. The highest BCUT2D eigenvalue weighted by molar-refractivity contribution is 7.08. The van der Waals surface area contributed by atoms with Gasteiger partial charge < -0.3 is 9.47 Å². The lowest BCUT2D eigenvalue weighted by Gasteiger charge is -2.18. The number of benzene rings is 1. The molecule has 0 saturated carbocycles. The molecule has 28 heavy (non-hydrogen) atoms. The standard InChI is InChI=1S/C21H21F3N2OS/c1-25(20(27)14-21(22,23)24)10-4-11-26-18(8-7-16-9-12-28-15-16)13-17-5-2-3-6-19(17)26/h2-3,5-9,12-13,15H,4,10-11,14H2,1H3. The number of amides is 1. The van der Waals surface area contributed by atoms with Gasteiger partial charge in [0.1, 0.15) is 6.42 Å². The van der Waals surface area contributed by atoms with E-state index in [2.05, 4.69) is 16.0 Å². The average Bonchev–Trinajstić information content (AvgIpc) is 3.26. The number of halogens is 3. The Morgan fingerprint density at radius 2 is 2.00 bits per heavy atom. The molecule has 0 atom stereocenters. The van der Waals surface area contributed by atoms with Crippen molar-refractivity contribution in [3.05, 3.63) is 58.4 Å². The van der Waals surface area contributed by atoms with Crippen LogP contribution in [0, 0.1) is 0 Å². The zero-order valence-electron chi connectivity index (χ0n) is 15.4. The van der Waals surface area contributed by atoms with Crippen molar-refractivity contribution in [2.45, 2.75) is 25.6 Å². The molecular weight excluding hydrogens is 385 g/mol. The van der Waals surface area contributed by atoms with Crippen LogP contribution >= 0.6 is 11.3 Å². The molecule has 0 aliphatic rings. The number of hydrogen-bond donors (Lipinski definition) is 0. The average molecular weight is 406 g/mol. The number of aromatic nitrogens is 1. The van der Waals surface area contributed by atoms with E-state index in [1.165, 1.54) is 7.05 Å². The molecule has 3 nitrogen and oxygen atoms in total. The van der Waals surface area contributed by atoms with Gasteiger partial charge in [-0.1, -0.05) is 24.3 Å². The summed E-state index contributed by atoms with van der Waals surface area (Å²) in [5.74, 6) is -0.901. The fourth-order valence-corrected chi connectivity index (χ4v) is 3.70. The van der Waals surface area contributed by atoms with Crippen LogP contribution in [0.1, 0.15) is 24.1 Å². The minimum Gasteiger partial charge on any atom is -0.345 e. The van der Waals surface area contributed by atoms with Crippen LogP contribution in [-0.4, -0.2) is 35.1 Å². The van der Waals surface area contributed by atoms with Crippen LogP contribution in [0.25, 0.3) is 23.1 Å². The molecule has 2 aromatic heterocycles. The van der Waals surface area contributed by atoms with Crippen molar-refractivity contribution in [2.75, 3.05) is 13.6 Å². The van der Waals surface area contributed by atoms with Crippen LogP contribution in [0.15, 0.2) is 47.2 Å². The number of carbonyl (C=O) groups is 1. The first-order valence-electron chi connectivity index (χ1n) is 8.93. The van der Waals surface area contributed by atoms with Gasteiger partial charge in [0.15, 0.2) is 0 Å². The van der Waals surface area contributed by atoms with Crippen LogP contribution in [0.4, 0.5) is 13.2 Å². The summed E-state index contributed by atoms with van der Waals surface area (Å²) < 4.78 is 39.3. The molecule has 0 aliphatic heterocycles. The SMILES string of the molecule is CN(CCCn1c(C=Cc2ccsc2)cc2ccccc21)C(=O)CC(F)(F)F. The third-order valence-corrected chi connectivity index (χ3v) is 5.19. The van der Waals surface area contributed by atoms with Gasteiger partial charge in [-0.2, -0.15) is 24.5 Å². The van der Waals surface area contributed by atoms with Gasteiger partial charge in [-0.05, 0) is 47.0 Å². The molecule has 0 radical (unpaired) electrons. The summed E-state index contributed by atoms with van der Waals surface area (Å²) in [7, 11) is 1.42. The highest BCUT2D eigenvalue weighted by Crippen LogP contribution is 2.23. The maximum absolute atomic E-state index is 12.4. The molecule has 0 fully saturated rings. The van der Waals surface area contributed by atoms with E-state index in [0.29, 0.717) is 13.0 Å². The number of aryl methyl sites for hydroxylation is 1. The van der Waals surface area contributed by atoms with Crippen LogP contribution in [0.2, 0.25) is 0 Å². The van der Waals surface area contributed by atoms with Crippen molar-refractivity contribution >= 4 is 40.3 Å². The second kappa shape index (κ2) is 8.65. The molecule has 7 heteroatoms. The molecule has 1 aromatic carbocycles. The Labute approximate surface area is 165 Å². The Morgan fingerprint density at radius 3 is 2.71 bits per heavy atom. The highest BCUT2D eigenvalue weighted by atomic mass is 32.1. The van der Waals surface area contributed by atoms with Crippen molar-refractivity contribution < 1.29 is 18.0 Å². The van der Waals surface area contributed by atoms with Crippen LogP contribution in [-0.2, 0) is 11.3 Å². The maximum atomic E-state index is 12.4. The zero-order valence-corrected chi connectivity index (χ0v) is 16.3. The molecular formula is C21H21F3N2OS. The fourth-order valence-electron chi connectivity index (χ4n) is 3.07. The lowest BCUT2D eigenvalue weighted by atomic mass is 10.2. The van der Waals surface area contributed by atoms with E-state index < -0.39 is 18.5 Å². The van der Waals surface area contributed by atoms with Crippen LogP contribution in [0.5, 0.6) is 0 Å². The summed E-state index contributed by atoms with van der Waals surface area (Å²) in [6.45, 7) is 0.884. The lowest BCUT2D eigenvalue weighted by molar-refractivity contribution is -0.160. The number of rotatable bonds is 7. The summed E-state index contributed by atoms with van der Waals surface area (Å²) in [5, 5.41) is 5.18. The van der Waals surface area contributed by atoms with Gasteiger partial charge in [0, 0.05) is 36.7 Å². The normalized spacial score (nSPS) is 12.1. The fraction of sp³-hybridized carbons (Fsp3) is 0.286. The summed E-state index contributed by atoms with van der Waals surface area (Å²) in [5.41, 5.74) is 3.22. The lowest BCUT2D eigenvalue weighted by Crippen LogP contribution is -2.32. The van der Waals surface area contributed by atoms with E-state index in [1.54, 1.807) is 11.3 Å². The topological polar surface area (TPSA) is 25.2 Å². The third-order valence-electron chi connectivity index (χ3n) is 4.49. The van der Waals surface area contributed by atoms with E-state index in [1.807, 2.05) is 47.9 Å². The first-order valence-corrected chi connectivity index (χ1v) is 9.87. The zero-order chi connectivity index (χ0) is 20.1. The quantitative estimate of drug-likeness (QED) is 0.496. The van der Waals surface area contributed by atoms with Crippen molar-refractivity contribution in [1.82, 2.24) is 9.47 Å². The van der Waals surface area contributed by atoms with Gasteiger partial charge in [-0.15, -0.1) is 0 Å². The summed E-state index contributed by atoms with van der Waals surface area (Å²) >= 11 is 1.63. The van der Waals surface area contributed by atoms with E-state index in [-0.39, 0.29) is 6.54 Å². The Morgan fingerprint density at radius 1 is 1.21 bits per heavy atom. The number of nitrogens with zero attached hydrogens (tertiary/aromatic N) is 2. The molecule has 0 bridgehead atoms. The third kappa shape index (κ3) is 5.25. The van der Waals surface area contributed by atoms with Crippen molar-refractivity contribution in [3.63, 3.8) is 0 Å². The first kappa shape index (κ1) is 20.2. The first-order chi connectivity index (χ1) is 13.3. The van der Waals surface area contributed by atoms with Crippen LogP contribution in [0.3, 0.4) is 0 Å². The van der Waals surface area contributed by atoms with E-state index in [4.69, 9.17) is 0 Å². The minimum atomic E-state index is -4.47. The van der Waals surface area contributed by atoms with E-state index >= 15 is 0 Å². The van der Waals surface area contributed by atoms with Gasteiger partial charge in [0.05, 0.1) is 0 Å². The Hall–Kier alpha value is -2.54. The molecule has 0 saturated heterocycles. The number of alkyl halides is 3. The van der Waals surface area contributed by atoms with E-state index in [9.17, 15) is 18.0 Å². The minimum absolute atomic E-state index is 0.273. The Balaban J connectivity index is 1.71. The largest absolute Gasteiger partial charge is 0.397 e. The van der Waals surface area contributed by atoms with Crippen LogP contribution < -0.4 is 0 Å². The van der Waals surface area contributed by atoms with E-state index in [0.717, 1.165) is 27.1 Å². The number of fused-ring (bicyclic) bond motifs is 1. The number of hydrogen-bond acceptors (Lipinski definition) is 2. The van der Waals surface area contributed by atoms with Crippen molar-refractivity contribution in [1.29, 1.82) is 0 Å². The highest BCUT2D eigenvalue weighted by Gasteiger charge is 2.32. The van der Waals surface area contributed by atoms with Gasteiger partial charge >= 0.3 is 6.18 Å². The van der Waals surface area contributed by atoms with Gasteiger partial charge in [-0.3, -0.25) is 4.79 Å². The molecule has 3 aromatic rings. The molecule has 0 aliphatic carbocycles. The van der Waals surface area contributed by atoms with Gasteiger partial charge in [0.25, 0.3) is 0 Å². The molecule has 1 amide bonds. The second-order valence-corrected chi connectivity index (χ2v) is 7.41. The summed E-state index contributed by atoms with van der Waals surface area (Å²) in [4.78, 5) is 12.8. The van der Waals surface area contributed by atoms with Gasteiger partial charge in [-0.25, -0.2) is 0 Å². The monoisotopic (exact) mass is 406 g/mol. The summed E-state index contributed by atoms with van der Waals surface area (Å²) in [6.07, 6.45) is -1.23. The second-order valence-electron chi connectivity index (χ2n) is 6.63. The maximum Gasteiger partial charge on any atom is 0.397 e. The number of thiophene rings is 1. The molecule has 0 spiro atoms. The Kier molecular flexibility index (Phi) is 6.24. The number of para-hydroxylation sites is 1. The van der Waals surface area contributed by atoms with Crippen molar-refractivity contribution in [3.8, 4) is 0 Å². The number of carbonyl (C=O) groups excluding carboxylic acids is 1. The molecule has 0 unspecified atom stereocenters. The predicted octanol–water partition coefficient (Wildman–Crippen LogP) is 5.67. The molecule has 148 valence electrons. The molecule has 3 rings (SSSR count). The summed E-state index contributed by atoms with van der Waals surface area (Å²) in [6, 6.07) is 12.1. The molecule has 2 heterocycles. The van der Waals surface area contributed by atoms with Crippen molar-refractivity contribution in [2.24, 2.45) is 0 Å². The smallest absolute Gasteiger partial charge is 0.345 e. The predicted molar refractivity (Wildman–Crippen MR) is 108 cm³/mol. The van der Waals surface area contributed by atoms with Gasteiger partial charge in [0.2, 0.25) is 5.91 Å². The molecule has 0 N–H and O–H groups in total.